The lowest BCUT2D eigenvalue weighted by Crippen LogP contribution is -2.37. The number of carbonyl (C=O) groups excluding carboxylic acids is 1. The van der Waals surface area contributed by atoms with E-state index in [2.05, 4.69) is 5.10 Å². The first-order valence-corrected chi connectivity index (χ1v) is 10.0. The molecular weight excluding hydrogens is 364 g/mol. The van der Waals surface area contributed by atoms with Crippen LogP contribution in [0, 0.1) is 0 Å². The van der Waals surface area contributed by atoms with Gasteiger partial charge in [-0.15, -0.1) is 0 Å². The maximum atomic E-state index is 13.5. The Labute approximate surface area is 168 Å². The third-order valence-corrected chi connectivity index (χ3v) is 5.79. The number of fused-ring (bicyclic) bond motifs is 3. The van der Waals surface area contributed by atoms with Gasteiger partial charge in [0, 0.05) is 36.4 Å². The van der Waals surface area contributed by atoms with E-state index in [4.69, 9.17) is 0 Å². The maximum absolute atomic E-state index is 13.5. The van der Waals surface area contributed by atoms with E-state index in [1.807, 2.05) is 71.1 Å². The number of benzene rings is 2. The molecule has 5 rings (SSSR count). The fourth-order valence-electron chi connectivity index (χ4n) is 4.32. The zero-order valence-electron chi connectivity index (χ0n) is 16.3. The number of hydrogen-bond donors (Lipinski definition) is 0. The second-order valence-corrected chi connectivity index (χ2v) is 7.55. The molecule has 2 aromatic heterocycles. The van der Waals surface area contributed by atoms with Crippen LogP contribution in [-0.2, 0) is 7.05 Å². The van der Waals surface area contributed by atoms with Crippen molar-refractivity contribution in [2.75, 3.05) is 13.1 Å². The minimum absolute atomic E-state index is 0.101. The predicted octanol–water partition coefficient (Wildman–Crippen LogP) is 3.50. The van der Waals surface area contributed by atoms with E-state index < -0.39 is 0 Å². The Morgan fingerprint density at radius 2 is 1.62 bits per heavy atom. The molecule has 0 saturated carbocycles. The number of likely N-dealkylation sites (tertiary alicyclic amines) is 1. The largest absolute Gasteiger partial charge is 0.339 e. The van der Waals surface area contributed by atoms with Gasteiger partial charge in [0.2, 0.25) is 0 Å². The van der Waals surface area contributed by atoms with Gasteiger partial charge in [-0.3, -0.25) is 9.59 Å². The lowest BCUT2D eigenvalue weighted by atomic mass is 10.1. The number of carbonyl (C=O) groups is 1. The van der Waals surface area contributed by atoms with Crippen LogP contribution in [0.4, 0.5) is 0 Å². The lowest BCUT2D eigenvalue weighted by Gasteiger charge is -2.26. The Balaban J connectivity index is 1.86. The van der Waals surface area contributed by atoms with Gasteiger partial charge in [-0.05, 0) is 37.5 Å². The number of aryl methyl sites for hydroxylation is 1. The standard InChI is InChI=1S/C23H22N4O2/c1-25-18-13-7-6-12-17(18)19-20(22(28)26-14-8-3-9-15-26)24-27(23(29)21(19)25)16-10-4-2-5-11-16/h2,4-7,10-13H,3,8-9,14-15H2,1H3. The Kier molecular flexibility index (Phi) is 4.19. The van der Waals surface area contributed by atoms with Gasteiger partial charge >= 0.3 is 0 Å². The molecule has 0 atom stereocenters. The molecule has 1 saturated heterocycles. The van der Waals surface area contributed by atoms with E-state index in [9.17, 15) is 9.59 Å². The smallest absolute Gasteiger partial charge is 0.296 e. The van der Waals surface area contributed by atoms with Gasteiger partial charge in [-0.25, -0.2) is 0 Å². The lowest BCUT2D eigenvalue weighted by molar-refractivity contribution is 0.0718. The summed E-state index contributed by atoms with van der Waals surface area (Å²) in [5, 5.41) is 6.14. The van der Waals surface area contributed by atoms with Crippen LogP contribution in [0.5, 0.6) is 0 Å². The van der Waals surface area contributed by atoms with Crippen molar-refractivity contribution in [1.82, 2.24) is 19.2 Å². The van der Waals surface area contributed by atoms with Gasteiger partial charge in [0.05, 0.1) is 5.69 Å². The quantitative estimate of drug-likeness (QED) is 0.530. The first kappa shape index (κ1) is 17.7. The van der Waals surface area contributed by atoms with E-state index in [0.29, 0.717) is 22.3 Å². The Morgan fingerprint density at radius 3 is 2.38 bits per heavy atom. The number of aromatic nitrogens is 3. The summed E-state index contributed by atoms with van der Waals surface area (Å²) in [6.45, 7) is 1.47. The summed E-state index contributed by atoms with van der Waals surface area (Å²) in [5.41, 5.74) is 2.20. The van der Waals surface area contributed by atoms with Gasteiger partial charge in [-0.2, -0.15) is 9.78 Å². The van der Waals surface area contributed by atoms with Crippen molar-refractivity contribution >= 4 is 27.7 Å². The highest BCUT2D eigenvalue weighted by atomic mass is 16.2. The molecule has 0 N–H and O–H groups in total. The number of nitrogens with zero attached hydrogens (tertiary/aromatic N) is 4. The van der Waals surface area contributed by atoms with Crippen molar-refractivity contribution in [2.24, 2.45) is 7.05 Å². The van der Waals surface area contributed by atoms with E-state index in [1.165, 1.54) is 4.68 Å². The predicted molar refractivity (Wildman–Crippen MR) is 114 cm³/mol. The highest BCUT2D eigenvalue weighted by Crippen LogP contribution is 2.29. The number of hydrogen-bond acceptors (Lipinski definition) is 3. The summed E-state index contributed by atoms with van der Waals surface area (Å²) in [6.07, 6.45) is 3.15. The monoisotopic (exact) mass is 386 g/mol. The molecule has 0 spiro atoms. The molecule has 1 aliphatic heterocycles. The maximum Gasteiger partial charge on any atom is 0.296 e. The highest BCUT2D eigenvalue weighted by Gasteiger charge is 2.27. The number of amides is 1. The third-order valence-electron chi connectivity index (χ3n) is 5.79. The van der Waals surface area contributed by atoms with Gasteiger partial charge in [0.25, 0.3) is 11.5 Å². The second kappa shape index (κ2) is 6.88. The molecule has 1 fully saturated rings. The van der Waals surface area contributed by atoms with Crippen molar-refractivity contribution in [1.29, 1.82) is 0 Å². The van der Waals surface area contributed by atoms with Crippen LogP contribution in [-0.4, -0.2) is 38.2 Å². The molecule has 0 aliphatic carbocycles. The molecule has 0 bridgehead atoms. The normalized spacial score (nSPS) is 14.6. The minimum Gasteiger partial charge on any atom is -0.339 e. The van der Waals surface area contributed by atoms with Crippen molar-refractivity contribution < 1.29 is 4.79 Å². The topological polar surface area (TPSA) is 60.1 Å². The molecule has 0 radical (unpaired) electrons. The van der Waals surface area contributed by atoms with Crippen LogP contribution in [0.1, 0.15) is 29.8 Å². The molecule has 6 heteroatoms. The summed E-state index contributed by atoms with van der Waals surface area (Å²) in [4.78, 5) is 28.8. The number of piperidine rings is 1. The summed E-state index contributed by atoms with van der Waals surface area (Å²) < 4.78 is 3.24. The van der Waals surface area contributed by atoms with Gasteiger partial charge in [0.15, 0.2) is 5.69 Å². The van der Waals surface area contributed by atoms with Crippen molar-refractivity contribution in [2.45, 2.75) is 19.3 Å². The fourth-order valence-corrected chi connectivity index (χ4v) is 4.32. The minimum atomic E-state index is -0.222. The van der Waals surface area contributed by atoms with Crippen molar-refractivity contribution in [3.05, 3.63) is 70.6 Å². The summed E-state index contributed by atoms with van der Waals surface area (Å²) >= 11 is 0. The molecule has 29 heavy (non-hydrogen) atoms. The van der Waals surface area contributed by atoms with E-state index in [0.717, 1.165) is 43.3 Å². The Morgan fingerprint density at radius 1 is 0.931 bits per heavy atom. The van der Waals surface area contributed by atoms with E-state index >= 15 is 0 Å². The first-order valence-electron chi connectivity index (χ1n) is 10.0. The molecule has 0 unspecified atom stereocenters. The molecule has 2 aromatic carbocycles. The molecule has 146 valence electrons. The molecule has 4 aromatic rings. The zero-order valence-corrected chi connectivity index (χ0v) is 16.3. The van der Waals surface area contributed by atoms with Gasteiger partial charge in [-0.1, -0.05) is 36.4 Å². The zero-order chi connectivity index (χ0) is 20.0. The Bertz CT molecular complexity index is 1280. The average Bonchev–Trinajstić information content (AvgIpc) is 3.08. The molecule has 1 amide bonds. The molecule has 3 heterocycles. The van der Waals surface area contributed by atoms with Gasteiger partial charge in [0.1, 0.15) is 5.52 Å². The van der Waals surface area contributed by atoms with Crippen molar-refractivity contribution in [3.63, 3.8) is 0 Å². The second-order valence-electron chi connectivity index (χ2n) is 7.55. The third kappa shape index (κ3) is 2.75. The van der Waals surface area contributed by atoms with Crippen LogP contribution in [0.2, 0.25) is 0 Å². The molecule has 1 aliphatic rings. The highest BCUT2D eigenvalue weighted by molar-refractivity contribution is 6.16. The Hall–Kier alpha value is -3.41. The average molecular weight is 386 g/mol. The molecule has 6 nitrogen and oxygen atoms in total. The summed E-state index contributed by atoms with van der Waals surface area (Å²) in [7, 11) is 1.87. The summed E-state index contributed by atoms with van der Waals surface area (Å²) in [5.74, 6) is -0.101. The molecular formula is C23H22N4O2. The number of para-hydroxylation sites is 2. The SMILES string of the molecule is Cn1c2ccccc2c2c(C(=O)N3CCCCC3)nn(-c3ccccc3)c(=O)c21. The van der Waals surface area contributed by atoms with Crippen LogP contribution in [0.3, 0.4) is 0 Å². The van der Waals surface area contributed by atoms with Crippen LogP contribution >= 0.6 is 0 Å². The van der Waals surface area contributed by atoms with Gasteiger partial charge < -0.3 is 9.47 Å². The van der Waals surface area contributed by atoms with E-state index in [1.54, 1.807) is 0 Å². The summed E-state index contributed by atoms with van der Waals surface area (Å²) in [6, 6.07) is 17.1. The fraction of sp³-hybridized carbons (Fsp3) is 0.261. The van der Waals surface area contributed by atoms with Crippen molar-refractivity contribution in [3.8, 4) is 5.69 Å². The van der Waals surface area contributed by atoms with Crippen LogP contribution in [0.25, 0.3) is 27.5 Å². The first-order chi connectivity index (χ1) is 14.2. The van der Waals surface area contributed by atoms with Crippen LogP contribution < -0.4 is 5.56 Å². The number of rotatable bonds is 2. The van der Waals surface area contributed by atoms with Crippen LogP contribution in [0.15, 0.2) is 59.4 Å². The van der Waals surface area contributed by atoms with E-state index in [-0.39, 0.29) is 11.5 Å².